The van der Waals surface area contributed by atoms with Crippen molar-refractivity contribution in [3.8, 4) is 0 Å². The molecule has 2 aromatic rings. The van der Waals surface area contributed by atoms with E-state index in [1.165, 1.54) is 0 Å². The molecule has 2 N–H and O–H groups in total. The van der Waals surface area contributed by atoms with Crippen LogP contribution >= 0.6 is 0 Å². The zero-order valence-corrected chi connectivity index (χ0v) is 19.3. The van der Waals surface area contributed by atoms with Gasteiger partial charge in [-0.25, -0.2) is 9.97 Å². The number of hydrogen-bond acceptors (Lipinski definition) is 5. The molecule has 154 valence electrons. The molecule has 2 rings (SSSR count). The summed E-state index contributed by atoms with van der Waals surface area (Å²) in [6.45, 7) is 16.7. The van der Waals surface area contributed by atoms with Gasteiger partial charge in [-0.2, -0.15) is 0 Å². The van der Waals surface area contributed by atoms with E-state index in [1.54, 1.807) is 19.9 Å². The Balaban J connectivity index is 2.30. The number of aliphatic hydroxyl groups is 2. The van der Waals surface area contributed by atoms with E-state index in [9.17, 15) is 10.2 Å². The molecule has 0 bridgehead atoms. The van der Waals surface area contributed by atoms with Gasteiger partial charge in [0.25, 0.3) is 0 Å². The molecule has 1 heterocycles. The molecule has 1 atom stereocenters. The van der Waals surface area contributed by atoms with Gasteiger partial charge in [-0.3, -0.25) is 0 Å². The van der Waals surface area contributed by atoms with Gasteiger partial charge in [-0.05, 0) is 36.7 Å². The predicted molar refractivity (Wildman–Crippen MR) is 117 cm³/mol. The van der Waals surface area contributed by atoms with Crippen molar-refractivity contribution < 1.29 is 14.6 Å². The van der Waals surface area contributed by atoms with Gasteiger partial charge in [0.15, 0.2) is 20.4 Å². The number of aliphatic hydroxyl groups excluding tert-OH is 1. The number of nitrogens with zero attached hydrogens (tertiary/aromatic N) is 2. The number of hydrogen-bond donors (Lipinski definition) is 2. The summed E-state index contributed by atoms with van der Waals surface area (Å²) in [5, 5.41) is 20.0. The lowest BCUT2D eigenvalue weighted by atomic mass is 9.91. The van der Waals surface area contributed by atoms with E-state index in [2.05, 4.69) is 38.8 Å². The fourth-order valence-electron chi connectivity index (χ4n) is 2.42. The molecule has 0 amide bonds. The molecule has 0 fully saturated rings. The fourth-order valence-corrected chi connectivity index (χ4v) is 3.77. The second-order valence-corrected chi connectivity index (χ2v) is 14.4. The van der Waals surface area contributed by atoms with Crippen molar-refractivity contribution in [2.45, 2.75) is 72.1 Å². The summed E-state index contributed by atoms with van der Waals surface area (Å²) in [5.41, 5.74) is 1.07. The highest BCUT2D eigenvalue weighted by atomic mass is 28.4. The first-order chi connectivity index (χ1) is 12.7. The second kappa shape index (κ2) is 8.03. The highest BCUT2D eigenvalue weighted by Crippen LogP contribution is 2.39. The summed E-state index contributed by atoms with van der Waals surface area (Å²) in [7, 11) is -1.91. The molecule has 0 radical (unpaired) electrons. The van der Waals surface area contributed by atoms with Crippen molar-refractivity contribution in [1.82, 2.24) is 9.97 Å². The lowest BCUT2D eigenvalue weighted by Gasteiger charge is -2.38. The summed E-state index contributed by atoms with van der Waals surface area (Å²) in [6.07, 6.45) is 3.93. The summed E-state index contributed by atoms with van der Waals surface area (Å²) in [6, 6.07) is 5.92. The van der Waals surface area contributed by atoms with E-state index in [0.717, 1.165) is 16.5 Å². The third-order valence-electron chi connectivity index (χ3n) is 5.64. The van der Waals surface area contributed by atoms with Crippen molar-refractivity contribution in [1.29, 1.82) is 0 Å². The maximum atomic E-state index is 9.45. The first-order valence-electron chi connectivity index (χ1n) is 9.73. The Morgan fingerprint density at radius 3 is 2.32 bits per heavy atom. The highest BCUT2D eigenvalue weighted by Gasteiger charge is 2.39. The Morgan fingerprint density at radius 2 is 1.75 bits per heavy atom. The summed E-state index contributed by atoms with van der Waals surface area (Å²) >= 11 is 0. The van der Waals surface area contributed by atoms with E-state index in [-0.39, 0.29) is 11.1 Å². The van der Waals surface area contributed by atoms with E-state index in [4.69, 9.17) is 9.41 Å². The SMILES string of the molecule is CC(O[Si](C)(C)C(C)(C)C)c1ncc2ccc(C=CC(C)(C)C(O)O)cc2n1. The van der Waals surface area contributed by atoms with Crippen molar-refractivity contribution in [3.05, 3.63) is 41.9 Å². The molecule has 0 saturated carbocycles. The first-order valence-corrected chi connectivity index (χ1v) is 12.6. The average Bonchev–Trinajstić information content (AvgIpc) is 2.57. The van der Waals surface area contributed by atoms with Crippen molar-refractivity contribution in [2.75, 3.05) is 0 Å². The van der Waals surface area contributed by atoms with Crippen LogP contribution in [0, 0.1) is 5.41 Å². The Kier molecular flexibility index (Phi) is 6.50. The smallest absolute Gasteiger partial charge is 0.193 e. The number of fused-ring (bicyclic) bond motifs is 1. The van der Waals surface area contributed by atoms with Gasteiger partial charge in [0.2, 0.25) is 0 Å². The fraction of sp³-hybridized carbons (Fsp3) is 0.545. The highest BCUT2D eigenvalue weighted by molar-refractivity contribution is 6.74. The zero-order valence-electron chi connectivity index (χ0n) is 18.3. The first kappa shape index (κ1) is 22.7. The van der Waals surface area contributed by atoms with Crippen molar-refractivity contribution >= 4 is 25.3 Å². The molecule has 28 heavy (non-hydrogen) atoms. The van der Waals surface area contributed by atoms with Gasteiger partial charge in [0, 0.05) is 17.0 Å². The van der Waals surface area contributed by atoms with Gasteiger partial charge in [0.05, 0.1) is 5.52 Å². The van der Waals surface area contributed by atoms with Crippen molar-refractivity contribution in [2.24, 2.45) is 5.41 Å². The van der Waals surface area contributed by atoms with Gasteiger partial charge < -0.3 is 14.6 Å². The van der Waals surface area contributed by atoms with Crippen LogP contribution in [-0.4, -0.2) is 34.8 Å². The largest absolute Gasteiger partial charge is 0.407 e. The number of aromatic nitrogens is 2. The molecular weight excluding hydrogens is 368 g/mol. The van der Waals surface area contributed by atoms with Crippen LogP contribution in [0.5, 0.6) is 0 Å². The van der Waals surface area contributed by atoms with Crippen LogP contribution in [-0.2, 0) is 4.43 Å². The van der Waals surface area contributed by atoms with Crippen LogP contribution < -0.4 is 0 Å². The predicted octanol–water partition coefficient (Wildman–Crippen LogP) is 5.06. The van der Waals surface area contributed by atoms with Crippen LogP contribution in [0.3, 0.4) is 0 Å². The van der Waals surface area contributed by atoms with Crippen LogP contribution in [0.4, 0.5) is 0 Å². The van der Waals surface area contributed by atoms with Gasteiger partial charge in [-0.15, -0.1) is 0 Å². The van der Waals surface area contributed by atoms with Crippen LogP contribution in [0.25, 0.3) is 17.0 Å². The minimum absolute atomic E-state index is 0.125. The quantitative estimate of drug-likeness (QED) is 0.521. The molecule has 1 aromatic heterocycles. The van der Waals surface area contributed by atoms with Crippen LogP contribution in [0.15, 0.2) is 30.5 Å². The van der Waals surface area contributed by atoms with E-state index in [0.29, 0.717) is 5.82 Å². The molecular formula is C22H34N2O3Si. The maximum Gasteiger partial charge on any atom is 0.193 e. The normalized spacial score (nSPS) is 15.0. The summed E-state index contributed by atoms with van der Waals surface area (Å²) in [4.78, 5) is 9.25. The topological polar surface area (TPSA) is 75.5 Å². The van der Waals surface area contributed by atoms with Gasteiger partial charge in [0.1, 0.15) is 6.10 Å². The van der Waals surface area contributed by atoms with Gasteiger partial charge >= 0.3 is 0 Å². The molecule has 0 aliphatic heterocycles. The van der Waals surface area contributed by atoms with Crippen LogP contribution in [0.1, 0.15) is 59.0 Å². The summed E-state index contributed by atoms with van der Waals surface area (Å²) < 4.78 is 6.43. The second-order valence-electron chi connectivity index (χ2n) is 9.60. The monoisotopic (exact) mass is 402 g/mol. The van der Waals surface area contributed by atoms with E-state index in [1.807, 2.05) is 37.4 Å². The van der Waals surface area contributed by atoms with E-state index >= 15 is 0 Å². The van der Waals surface area contributed by atoms with Crippen molar-refractivity contribution in [3.63, 3.8) is 0 Å². The molecule has 0 spiro atoms. The molecule has 0 aliphatic carbocycles. The standard InChI is InChI=1S/C22H34N2O3Si/c1-15(27-28(7,8)21(2,3)4)19-23-14-17-10-9-16(13-18(17)24-19)11-12-22(5,6)20(25)26/h9-15,20,25-26H,1-8H3. The maximum absolute atomic E-state index is 9.45. The third kappa shape index (κ3) is 5.26. The summed E-state index contributed by atoms with van der Waals surface area (Å²) in [5.74, 6) is 0.685. The Labute approximate surface area is 169 Å². The minimum Gasteiger partial charge on any atom is -0.407 e. The molecule has 1 aromatic carbocycles. The molecule has 1 unspecified atom stereocenters. The molecule has 5 nitrogen and oxygen atoms in total. The van der Waals surface area contributed by atoms with E-state index < -0.39 is 20.0 Å². The molecule has 0 saturated heterocycles. The lowest BCUT2D eigenvalue weighted by Crippen LogP contribution is -2.41. The molecule has 6 heteroatoms. The Morgan fingerprint density at radius 1 is 1.11 bits per heavy atom. The average molecular weight is 403 g/mol. The lowest BCUT2D eigenvalue weighted by molar-refractivity contribution is -0.102. The Hall–Kier alpha value is -1.60. The van der Waals surface area contributed by atoms with Crippen LogP contribution in [0.2, 0.25) is 18.1 Å². The Bertz CT molecular complexity index is 854. The number of benzene rings is 1. The van der Waals surface area contributed by atoms with Gasteiger partial charge in [-0.1, -0.05) is 58.9 Å². The zero-order chi connectivity index (χ0) is 21.3. The number of rotatable bonds is 6. The third-order valence-corrected chi connectivity index (χ3v) is 10.2. The minimum atomic E-state index is -1.91. The molecule has 0 aliphatic rings.